The summed E-state index contributed by atoms with van der Waals surface area (Å²) in [7, 11) is 0. The Morgan fingerprint density at radius 3 is 2.89 bits per heavy atom. The quantitative estimate of drug-likeness (QED) is 0.891. The Bertz CT molecular complexity index is 483. The van der Waals surface area contributed by atoms with Crippen LogP contribution in [0.2, 0.25) is 0 Å². The van der Waals surface area contributed by atoms with Crippen molar-refractivity contribution in [2.75, 3.05) is 17.6 Å². The van der Waals surface area contributed by atoms with Gasteiger partial charge in [-0.2, -0.15) is 0 Å². The number of nitrogen functional groups attached to an aromatic ring is 1. The van der Waals surface area contributed by atoms with Gasteiger partial charge in [0.05, 0.1) is 0 Å². The summed E-state index contributed by atoms with van der Waals surface area (Å²) in [6.45, 7) is 2.94. The lowest BCUT2D eigenvalue weighted by Gasteiger charge is -2.33. The van der Waals surface area contributed by atoms with Gasteiger partial charge in [-0.3, -0.25) is 4.79 Å². The van der Waals surface area contributed by atoms with E-state index in [-0.39, 0.29) is 5.91 Å². The number of aromatic nitrogens is 1. The molecule has 0 bridgehead atoms. The summed E-state index contributed by atoms with van der Waals surface area (Å²) in [6, 6.07) is 0.838. The number of carbonyl (C=O) groups excluding carboxylic acids is 1. The average molecular weight is 280 g/mol. The van der Waals surface area contributed by atoms with Crippen LogP contribution in [0, 0.1) is 0 Å². The minimum atomic E-state index is 0.0473. The highest BCUT2D eigenvalue weighted by molar-refractivity contribution is 7.18. The lowest BCUT2D eigenvalue weighted by Crippen LogP contribution is -2.41. The molecule has 3 N–H and O–H groups in total. The molecule has 2 aliphatic rings. The molecular formula is C13H20N4OS. The van der Waals surface area contributed by atoms with Gasteiger partial charge in [-0.05, 0) is 39.0 Å². The number of hydrogen-bond acceptors (Lipinski definition) is 5. The second-order valence-electron chi connectivity index (χ2n) is 5.50. The van der Waals surface area contributed by atoms with Gasteiger partial charge in [0.25, 0.3) is 5.91 Å². The van der Waals surface area contributed by atoms with Gasteiger partial charge in [0, 0.05) is 18.6 Å². The highest BCUT2D eigenvalue weighted by Crippen LogP contribution is 2.32. The molecule has 1 aromatic heterocycles. The molecule has 1 amide bonds. The van der Waals surface area contributed by atoms with Gasteiger partial charge < -0.3 is 16.0 Å². The molecule has 0 spiro atoms. The highest BCUT2D eigenvalue weighted by Gasteiger charge is 2.29. The van der Waals surface area contributed by atoms with Gasteiger partial charge in [-0.1, -0.05) is 11.3 Å². The summed E-state index contributed by atoms with van der Waals surface area (Å²) in [6.07, 6.45) is 5.75. The fourth-order valence-corrected chi connectivity index (χ4v) is 3.40. The number of nitrogens with zero attached hydrogens (tertiary/aromatic N) is 2. The number of carbonyl (C=O) groups is 1. The van der Waals surface area contributed by atoms with Crippen LogP contribution in [-0.2, 0) is 0 Å². The molecule has 0 radical (unpaired) electrons. The largest absolute Gasteiger partial charge is 0.382 e. The Morgan fingerprint density at radius 1 is 1.42 bits per heavy atom. The molecule has 1 unspecified atom stereocenters. The normalized spacial score (nSPS) is 23.4. The maximum Gasteiger partial charge on any atom is 0.268 e. The summed E-state index contributed by atoms with van der Waals surface area (Å²) >= 11 is 1.39. The van der Waals surface area contributed by atoms with E-state index in [2.05, 4.69) is 17.2 Å². The average Bonchev–Trinajstić information content (AvgIpc) is 3.12. The lowest BCUT2D eigenvalue weighted by atomic mass is 10.0. The van der Waals surface area contributed by atoms with Crippen molar-refractivity contribution in [3.63, 3.8) is 0 Å². The lowest BCUT2D eigenvalue weighted by molar-refractivity contribution is 0.0641. The molecule has 104 valence electrons. The van der Waals surface area contributed by atoms with Crippen LogP contribution in [0.3, 0.4) is 0 Å². The number of likely N-dealkylation sites (tertiary alicyclic amines) is 1. The maximum absolute atomic E-state index is 12.5. The first-order chi connectivity index (χ1) is 9.15. The van der Waals surface area contributed by atoms with Crippen molar-refractivity contribution < 1.29 is 4.79 Å². The van der Waals surface area contributed by atoms with Gasteiger partial charge >= 0.3 is 0 Å². The van der Waals surface area contributed by atoms with Crippen LogP contribution < -0.4 is 11.1 Å². The van der Waals surface area contributed by atoms with Gasteiger partial charge in [0.15, 0.2) is 5.13 Å². The summed E-state index contributed by atoms with van der Waals surface area (Å²) in [5.41, 5.74) is 5.90. The van der Waals surface area contributed by atoms with Crippen molar-refractivity contribution in [1.29, 1.82) is 0 Å². The van der Waals surface area contributed by atoms with E-state index in [0.29, 0.717) is 22.8 Å². The topological polar surface area (TPSA) is 71.2 Å². The van der Waals surface area contributed by atoms with Crippen molar-refractivity contribution in [3.05, 3.63) is 4.88 Å². The molecule has 5 nitrogen and oxygen atoms in total. The van der Waals surface area contributed by atoms with Gasteiger partial charge in [0.1, 0.15) is 10.7 Å². The molecule has 2 heterocycles. The molecule has 1 aromatic rings. The van der Waals surface area contributed by atoms with Crippen LogP contribution >= 0.6 is 11.3 Å². The van der Waals surface area contributed by atoms with Crippen LogP contribution in [-0.4, -0.2) is 34.4 Å². The molecular weight excluding hydrogens is 260 g/mol. The van der Waals surface area contributed by atoms with Crippen LogP contribution in [0.15, 0.2) is 0 Å². The van der Waals surface area contributed by atoms with E-state index in [9.17, 15) is 4.79 Å². The van der Waals surface area contributed by atoms with E-state index in [1.54, 1.807) is 0 Å². The van der Waals surface area contributed by atoms with Crippen LogP contribution in [0.25, 0.3) is 0 Å². The smallest absolute Gasteiger partial charge is 0.268 e. The van der Waals surface area contributed by atoms with Crippen LogP contribution in [0.4, 0.5) is 10.9 Å². The van der Waals surface area contributed by atoms with Crippen molar-refractivity contribution in [2.45, 2.75) is 51.1 Å². The number of nitrogens with two attached hydrogens (primary N) is 1. The minimum Gasteiger partial charge on any atom is -0.382 e. The second kappa shape index (κ2) is 5.00. The van der Waals surface area contributed by atoms with E-state index in [1.807, 2.05) is 4.90 Å². The first kappa shape index (κ1) is 12.7. The van der Waals surface area contributed by atoms with E-state index >= 15 is 0 Å². The van der Waals surface area contributed by atoms with Gasteiger partial charge in [0.2, 0.25) is 0 Å². The standard InChI is InChI=1S/C13H20N4OS/c1-8-4-2-3-7-17(8)12(18)10-11(14)16-13(19-10)15-9-5-6-9/h8-9H,2-7,14H2,1H3,(H,15,16). The zero-order chi connectivity index (χ0) is 13.4. The SMILES string of the molecule is CC1CCCCN1C(=O)c1sc(NC2CC2)nc1N. The Labute approximate surface area is 117 Å². The van der Waals surface area contributed by atoms with Crippen LogP contribution in [0.5, 0.6) is 0 Å². The number of amides is 1. The van der Waals surface area contributed by atoms with Crippen molar-refractivity contribution in [2.24, 2.45) is 0 Å². The third kappa shape index (κ3) is 2.68. The molecule has 1 atom stereocenters. The van der Waals surface area contributed by atoms with Crippen molar-refractivity contribution >= 4 is 28.2 Å². The number of anilines is 2. The third-order valence-electron chi connectivity index (χ3n) is 3.82. The number of nitrogens with one attached hydrogen (secondary N) is 1. The first-order valence-corrected chi connectivity index (χ1v) is 7.80. The predicted octanol–water partition coefficient (Wildman–Crippen LogP) is 2.31. The highest BCUT2D eigenvalue weighted by atomic mass is 32.1. The Hall–Kier alpha value is -1.30. The zero-order valence-electron chi connectivity index (χ0n) is 11.2. The molecule has 1 aliphatic carbocycles. The molecule has 19 heavy (non-hydrogen) atoms. The minimum absolute atomic E-state index is 0.0473. The summed E-state index contributed by atoms with van der Waals surface area (Å²) in [5.74, 6) is 0.418. The van der Waals surface area contributed by atoms with Gasteiger partial charge in [-0.15, -0.1) is 0 Å². The predicted molar refractivity (Wildman–Crippen MR) is 77.5 cm³/mol. The molecule has 2 fully saturated rings. The fourth-order valence-electron chi connectivity index (χ4n) is 2.48. The van der Waals surface area contributed by atoms with Crippen molar-refractivity contribution in [3.8, 4) is 0 Å². The van der Waals surface area contributed by atoms with E-state index in [1.165, 1.54) is 30.6 Å². The summed E-state index contributed by atoms with van der Waals surface area (Å²) in [4.78, 5) is 19.3. The third-order valence-corrected chi connectivity index (χ3v) is 4.81. The monoisotopic (exact) mass is 280 g/mol. The number of hydrogen-bond donors (Lipinski definition) is 2. The van der Waals surface area contributed by atoms with E-state index < -0.39 is 0 Å². The van der Waals surface area contributed by atoms with Gasteiger partial charge in [-0.25, -0.2) is 4.98 Å². The summed E-state index contributed by atoms with van der Waals surface area (Å²) < 4.78 is 0. The summed E-state index contributed by atoms with van der Waals surface area (Å²) in [5, 5.41) is 4.09. The molecule has 1 saturated carbocycles. The Balaban J connectivity index is 1.76. The molecule has 3 rings (SSSR count). The second-order valence-corrected chi connectivity index (χ2v) is 6.49. The van der Waals surface area contributed by atoms with E-state index in [0.717, 1.165) is 24.5 Å². The number of rotatable bonds is 3. The van der Waals surface area contributed by atoms with Crippen LogP contribution in [0.1, 0.15) is 48.7 Å². The Morgan fingerprint density at radius 2 is 2.21 bits per heavy atom. The molecule has 6 heteroatoms. The molecule has 1 saturated heterocycles. The zero-order valence-corrected chi connectivity index (χ0v) is 12.0. The fraction of sp³-hybridized carbons (Fsp3) is 0.692. The molecule has 1 aliphatic heterocycles. The number of piperidine rings is 1. The van der Waals surface area contributed by atoms with E-state index in [4.69, 9.17) is 5.73 Å². The molecule has 0 aromatic carbocycles. The number of thiazole rings is 1. The Kier molecular flexibility index (Phi) is 3.35. The first-order valence-electron chi connectivity index (χ1n) is 6.99. The maximum atomic E-state index is 12.5. The van der Waals surface area contributed by atoms with Crippen molar-refractivity contribution in [1.82, 2.24) is 9.88 Å².